The second-order valence-corrected chi connectivity index (χ2v) is 5.88. The van der Waals surface area contributed by atoms with Gasteiger partial charge in [-0.25, -0.2) is 0 Å². The number of likely N-dealkylation sites (N-methyl/N-ethyl adjacent to an activating group) is 1. The van der Waals surface area contributed by atoms with E-state index in [1.54, 1.807) is 0 Å². The van der Waals surface area contributed by atoms with Gasteiger partial charge < -0.3 is 15.2 Å². The monoisotopic (exact) mass is 298 g/mol. The molecule has 0 aromatic heterocycles. The van der Waals surface area contributed by atoms with Crippen LogP contribution in [0.4, 0.5) is 0 Å². The summed E-state index contributed by atoms with van der Waals surface area (Å²) in [6.07, 6.45) is 0. The molecule has 0 radical (unpaired) electrons. The summed E-state index contributed by atoms with van der Waals surface area (Å²) in [6, 6.07) is 4.08. The van der Waals surface area contributed by atoms with E-state index >= 15 is 0 Å². The zero-order valence-electron chi connectivity index (χ0n) is 12.4. The average molecular weight is 299 g/mol. The minimum absolute atomic E-state index is 0.148. The lowest BCUT2D eigenvalue weighted by Gasteiger charge is -2.31. The molecule has 1 aromatic rings. The van der Waals surface area contributed by atoms with E-state index in [0.29, 0.717) is 29.0 Å². The molecule has 0 bridgehead atoms. The Morgan fingerprint density at radius 2 is 2.10 bits per heavy atom. The lowest BCUT2D eigenvalue weighted by Crippen LogP contribution is -2.36. The van der Waals surface area contributed by atoms with Crippen LogP contribution in [0.25, 0.3) is 0 Å². The smallest absolute Gasteiger partial charge is 0.231 e. The Bertz CT molecular complexity index is 465. The third-order valence-electron chi connectivity index (χ3n) is 3.50. The molecule has 1 aliphatic rings. The van der Waals surface area contributed by atoms with Gasteiger partial charge in [0.2, 0.25) is 6.79 Å². The Hall–Kier alpha value is -0.970. The number of fused-ring (bicyclic) bond motifs is 1. The molecule has 112 valence electrons. The first-order valence-electron chi connectivity index (χ1n) is 7.10. The molecule has 1 heterocycles. The van der Waals surface area contributed by atoms with Crippen molar-refractivity contribution < 1.29 is 9.47 Å². The van der Waals surface area contributed by atoms with Crippen LogP contribution >= 0.6 is 11.6 Å². The predicted octanol–water partition coefficient (Wildman–Crippen LogP) is 3.05. The summed E-state index contributed by atoms with van der Waals surface area (Å²) in [5.74, 6) is 1.94. The number of halogens is 1. The average Bonchev–Trinajstić information content (AvgIpc) is 2.86. The molecule has 0 saturated carbocycles. The molecule has 2 N–H and O–H groups in total. The van der Waals surface area contributed by atoms with Crippen molar-refractivity contribution in [3.05, 3.63) is 22.7 Å². The van der Waals surface area contributed by atoms with Crippen molar-refractivity contribution >= 4 is 11.6 Å². The van der Waals surface area contributed by atoms with Gasteiger partial charge in [-0.15, -0.1) is 0 Å². The highest BCUT2D eigenvalue weighted by atomic mass is 35.5. The Morgan fingerprint density at radius 3 is 2.70 bits per heavy atom. The van der Waals surface area contributed by atoms with Crippen molar-refractivity contribution in [2.45, 2.75) is 26.8 Å². The highest BCUT2D eigenvalue weighted by Crippen LogP contribution is 2.41. The molecule has 1 aromatic carbocycles. The molecular weight excluding hydrogens is 276 g/mol. The Morgan fingerprint density at radius 1 is 1.35 bits per heavy atom. The number of nitrogens with two attached hydrogens (primary N) is 1. The summed E-state index contributed by atoms with van der Waals surface area (Å²) < 4.78 is 10.8. The van der Waals surface area contributed by atoms with Gasteiger partial charge in [0, 0.05) is 19.1 Å². The molecule has 5 heteroatoms. The van der Waals surface area contributed by atoms with Gasteiger partial charge in [0.15, 0.2) is 11.5 Å². The van der Waals surface area contributed by atoms with Crippen LogP contribution in [0.2, 0.25) is 5.02 Å². The lowest BCUT2D eigenvalue weighted by molar-refractivity contribution is 0.173. The van der Waals surface area contributed by atoms with Crippen LogP contribution in [-0.2, 0) is 0 Å². The number of hydrogen-bond acceptors (Lipinski definition) is 4. The molecule has 0 saturated heterocycles. The van der Waals surface area contributed by atoms with Crippen molar-refractivity contribution in [3.8, 4) is 11.5 Å². The predicted molar refractivity (Wildman–Crippen MR) is 81.5 cm³/mol. The molecule has 4 nitrogen and oxygen atoms in total. The summed E-state index contributed by atoms with van der Waals surface area (Å²) in [5.41, 5.74) is 7.08. The van der Waals surface area contributed by atoms with Gasteiger partial charge in [0.25, 0.3) is 0 Å². The number of rotatable bonds is 6. The second kappa shape index (κ2) is 6.66. The SMILES string of the molecule is CCN(CC(C)C)C(CN)c1cc(Cl)c2c(c1)OCO2. The van der Waals surface area contributed by atoms with Gasteiger partial charge in [-0.2, -0.15) is 0 Å². The molecule has 0 aliphatic carbocycles. The molecule has 1 unspecified atom stereocenters. The number of benzene rings is 1. The van der Waals surface area contributed by atoms with Crippen molar-refractivity contribution in [2.75, 3.05) is 26.4 Å². The third-order valence-corrected chi connectivity index (χ3v) is 3.78. The first kappa shape index (κ1) is 15.4. The zero-order valence-corrected chi connectivity index (χ0v) is 13.1. The Balaban J connectivity index is 2.29. The third kappa shape index (κ3) is 3.19. The minimum atomic E-state index is 0.148. The van der Waals surface area contributed by atoms with Crippen LogP contribution < -0.4 is 15.2 Å². The van der Waals surface area contributed by atoms with Gasteiger partial charge in [-0.05, 0) is 30.2 Å². The van der Waals surface area contributed by atoms with E-state index in [4.69, 9.17) is 26.8 Å². The summed E-state index contributed by atoms with van der Waals surface area (Å²) >= 11 is 6.27. The highest BCUT2D eigenvalue weighted by Gasteiger charge is 2.24. The molecule has 0 spiro atoms. The first-order valence-corrected chi connectivity index (χ1v) is 7.47. The van der Waals surface area contributed by atoms with Crippen molar-refractivity contribution in [3.63, 3.8) is 0 Å². The van der Waals surface area contributed by atoms with Crippen LogP contribution in [0.3, 0.4) is 0 Å². The van der Waals surface area contributed by atoms with Crippen molar-refractivity contribution in [1.29, 1.82) is 0 Å². The zero-order chi connectivity index (χ0) is 14.7. The summed E-state index contributed by atoms with van der Waals surface area (Å²) in [7, 11) is 0. The molecular formula is C15H23ClN2O2. The fourth-order valence-corrected chi connectivity index (χ4v) is 2.90. The summed E-state index contributed by atoms with van der Waals surface area (Å²) in [4.78, 5) is 2.37. The second-order valence-electron chi connectivity index (χ2n) is 5.47. The van der Waals surface area contributed by atoms with Gasteiger partial charge in [0.05, 0.1) is 5.02 Å². The largest absolute Gasteiger partial charge is 0.454 e. The normalized spacial score (nSPS) is 15.2. The van der Waals surface area contributed by atoms with Crippen LogP contribution in [0.5, 0.6) is 11.5 Å². The highest BCUT2D eigenvalue weighted by molar-refractivity contribution is 6.32. The maximum Gasteiger partial charge on any atom is 0.231 e. The topological polar surface area (TPSA) is 47.7 Å². The van der Waals surface area contributed by atoms with E-state index in [-0.39, 0.29) is 12.8 Å². The minimum Gasteiger partial charge on any atom is -0.454 e. The number of hydrogen-bond donors (Lipinski definition) is 1. The van der Waals surface area contributed by atoms with Gasteiger partial charge in [-0.1, -0.05) is 32.4 Å². The van der Waals surface area contributed by atoms with E-state index in [0.717, 1.165) is 18.7 Å². The van der Waals surface area contributed by atoms with Crippen LogP contribution in [0, 0.1) is 5.92 Å². The number of ether oxygens (including phenoxy) is 2. The first-order chi connectivity index (χ1) is 9.56. The quantitative estimate of drug-likeness (QED) is 0.877. The van der Waals surface area contributed by atoms with Gasteiger partial charge in [0.1, 0.15) is 0 Å². The molecule has 20 heavy (non-hydrogen) atoms. The maximum absolute atomic E-state index is 6.27. The van der Waals surface area contributed by atoms with Crippen molar-refractivity contribution in [2.24, 2.45) is 11.7 Å². The standard InChI is InChI=1S/C15H23ClN2O2/c1-4-18(8-10(2)3)13(7-17)11-5-12(16)15-14(6-11)19-9-20-15/h5-6,10,13H,4,7-9,17H2,1-3H3. The molecule has 0 fully saturated rings. The molecule has 2 rings (SSSR count). The maximum atomic E-state index is 6.27. The van der Waals surface area contributed by atoms with Gasteiger partial charge in [-0.3, -0.25) is 4.90 Å². The van der Waals surface area contributed by atoms with E-state index in [2.05, 4.69) is 25.7 Å². The fourth-order valence-electron chi connectivity index (χ4n) is 2.62. The van der Waals surface area contributed by atoms with Crippen molar-refractivity contribution in [1.82, 2.24) is 4.90 Å². The van der Waals surface area contributed by atoms with Crippen LogP contribution in [-0.4, -0.2) is 31.3 Å². The summed E-state index contributed by atoms with van der Waals surface area (Å²) in [6.45, 7) is 9.31. The van der Waals surface area contributed by atoms with E-state index in [1.165, 1.54) is 0 Å². The number of nitrogens with zero attached hydrogens (tertiary/aromatic N) is 1. The summed E-state index contributed by atoms with van der Waals surface area (Å²) in [5, 5.41) is 0.592. The Labute approximate surface area is 125 Å². The molecule has 1 atom stereocenters. The molecule has 1 aliphatic heterocycles. The van der Waals surface area contributed by atoms with Crippen LogP contribution in [0.15, 0.2) is 12.1 Å². The molecule has 0 amide bonds. The van der Waals surface area contributed by atoms with E-state index < -0.39 is 0 Å². The Kier molecular flexibility index (Phi) is 5.13. The van der Waals surface area contributed by atoms with Gasteiger partial charge >= 0.3 is 0 Å². The van der Waals surface area contributed by atoms with E-state index in [1.807, 2.05) is 12.1 Å². The fraction of sp³-hybridized carbons (Fsp3) is 0.600. The lowest BCUT2D eigenvalue weighted by atomic mass is 10.0. The van der Waals surface area contributed by atoms with Crippen LogP contribution in [0.1, 0.15) is 32.4 Å². The van der Waals surface area contributed by atoms with E-state index in [9.17, 15) is 0 Å².